The topological polar surface area (TPSA) is 123 Å². The van der Waals surface area contributed by atoms with Crippen molar-refractivity contribution in [3.63, 3.8) is 0 Å². The van der Waals surface area contributed by atoms with Gasteiger partial charge in [-0.3, -0.25) is 19.6 Å². The Labute approximate surface area is 198 Å². The van der Waals surface area contributed by atoms with Gasteiger partial charge in [-0.15, -0.1) is 0 Å². The molecule has 0 aliphatic carbocycles. The number of carbonyl (C=O) groups is 2. The number of rotatable bonds is 7. The molecule has 3 rings (SSSR count). The smallest absolute Gasteiger partial charge is 0.278 e. The predicted molar refractivity (Wildman–Crippen MR) is 123 cm³/mol. The number of hydroxylamine groups is 1. The molecule has 33 heavy (non-hydrogen) atoms. The second-order valence-electron chi connectivity index (χ2n) is 7.02. The van der Waals surface area contributed by atoms with Gasteiger partial charge < -0.3 is 10.1 Å². The van der Waals surface area contributed by atoms with Crippen LogP contribution in [0, 0.1) is 0 Å². The molecule has 3 aromatic rings. The first-order valence-electron chi connectivity index (χ1n) is 9.65. The van der Waals surface area contributed by atoms with Crippen molar-refractivity contribution in [1.29, 1.82) is 0 Å². The van der Waals surface area contributed by atoms with E-state index in [1.807, 2.05) is 0 Å². The maximum atomic E-state index is 12.7. The lowest BCUT2D eigenvalue weighted by molar-refractivity contribution is -0.131. The highest BCUT2D eigenvalue weighted by molar-refractivity contribution is 6.39. The van der Waals surface area contributed by atoms with Crippen LogP contribution < -0.4 is 21.1 Å². The number of aromatic nitrogens is 2. The zero-order chi connectivity index (χ0) is 24.1. The maximum absolute atomic E-state index is 12.7. The molecule has 1 heterocycles. The molecule has 0 radical (unpaired) electrons. The molecule has 11 heteroatoms. The van der Waals surface area contributed by atoms with E-state index in [0.717, 1.165) is 0 Å². The highest BCUT2D eigenvalue weighted by Crippen LogP contribution is 2.26. The average Bonchev–Trinajstić information content (AvgIpc) is 2.80. The van der Waals surface area contributed by atoms with E-state index >= 15 is 0 Å². The van der Waals surface area contributed by atoms with Crippen molar-refractivity contribution in [3.8, 4) is 16.9 Å². The summed E-state index contributed by atoms with van der Waals surface area (Å²) in [7, 11) is 2.98. The summed E-state index contributed by atoms with van der Waals surface area (Å²) in [4.78, 5) is 37.4. The molecular weight excluding hydrogens is 471 g/mol. The quantitative estimate of drug-likeness (QED) is 0.345. The zero-order valence-corrected chi connectivity index (χ0v) is 19.1. The number of aryl methyl sites for hydroxylation is 1. The molecule has 1 atom stereocenters. The first-order valence-corrected chi connectivity index (χ1v) is 10.4. The number of nitrogens with zero attached hydrogens (tertiary/aromatic N) is 2. The van der Waals surface area contributed by atoms with Crippen LogP contribution >= 0.6 is 23.2 Å². The van der Waals surface area contributed by atoms with Gasteiger partial charge in [0, 0.05) is 13.5 Å². The molecule has 2 amide bonds. The minimum Gasteiger partial charge on any atom is -0.494 e. The van der Waals surface area contributed by atoms with Gasteiger partial charge in [0.25, 0.3) is 17.4 Å². The predicted octanol–water partition coefficient (Wildman–Crippen LogP) is 2.61. The molecule has 0 aliphatic rings. The molecule has 0 bridgehead atoms. The average molecular weight is 491 g/mol. The fourth-order valence-corrected chi connectivity index (χ4v) is 3.79. The summed E-state index contributed by atoms with van der Waals surface area (Å²) in [6.45, 7) is 0. The van der Waals surface area contributed by atoms with Crippen molar-refractivity contribution < 1.29 is 19.5 Å². The summed E-state index contributed by atoms with van der Waals surface area (Å²) in [5, 5.41) is 15.8. The van der Waals surface area contributed by atoms with E-state index < -0.39 is 17.9 Å². The third kappa shape index (κ3) is 5.33. The van der Waals surface area contributed by atoms with Gasteiger partial charge in [0.1, 0.15) is 6.04 Å². The number of carbonyl (C=O) groups excluding carboxylic acids is 2. The van der Waals surface area contributed by atoms with Gasteiger partial charge in [0.2, 0.25) is 0 Å². The molecule has 1 aromatic heterocycles. The lowest BCUT2D eigenvalue weighted by atomic mass is 10.0. The molecular formula is C22H20Cl2N4O5. The summed E-state index contributed by atoms with van der Waals surface area (Å²) in [5.74, 6) is -1.16. The lowest BCUT2D eigenvalue weighted by Crippen LogP contribution is -2.47. The highest BCUT2D eigenvalue weighted by Gasteiger charge is 2.24. The van der Waals surface area contributed by atoms with Crippen LogP contribution in [-0.2, 0) is 18.3 Å². The number of hydrogen-bond acceptors (Lipinski definition) is 6. The van der Waals surface area contributed by atoms with Crippen LogP contribution in [0.1, 0.15) is 15.9 Å². The van der Waals surface area contributed by atoms with Crippen molar-refractivity contribution in [2.75, 3.05) is 7.11 Å². The van der Waals surface area contributed by atoms with Gasteiger partial charge in [0.05, 0.1) is 34.5 Å². The van der Waals surface area contributed by atoms with Gasteiger partial charge in [-0.2, -0.15) is 5.10 Å². The molecule has 2 aromatic carbocycles. The number of hydrogen-bond donors (Lipinski definition) is 3. The molecule has 172 valence electrons. The standard InChI is InChI=1S/C22H20Cl2N4O5/c1-28-22(31)18(17(33-2)11-25-28)13-8-6-12(7-9-13)10-16(20(29)27-32)26-21(30)19-14(23)4-3-5-15(19)24/h3-9,11,16,32H,10H2,1-2H3,(H,26,30)(H,27,29)/t16-/m0/s1. The van der Waals surface area contributed by atoms with E-state index in [1.54, 1.807) is 35.8 Å². The number of benzene rings is 2. The Hall–Kier alpha value is -3.40. The molecule has 3 N–H and O–H groups in total. The highest BCUT2D eigenvalue weighted by atomic mass is 35.5. The minimum atomic E-state index is -1.12. The van der Waals surface area contributed by atoms with E-state index in [2.05, 4.69) is 10.4 Å². The second kappa shape index (κ2) is 10.5. The third-order valence-corrected chi connectivity index (χ3v) is 5.56. The second-order valence-corrected chi connectivity index (χ2v) is 7.83. The monoisotopic (exact) mass is 490 g/mol. The maximum Gasteiger partial charge on any atom is 0.278 e. The fraction of sp³-hybridized carbons (Fsp3) is 0.182. The largest absolute Gasteiger partial charge is 0.494 e. The van der Waals surface area contributed by atoms with Gasteiger partial charge in [-0.05, 0) is 23.3 Å². The normalized spacial score (nSPS) is 11.5. The van der Waals surface area contributed by atoms with Crippen LogP contribution in [0.15, 0.2) is 53.5 Å². The fourth-order valence-electron chi connectivity index (χ4n) is 3.22. The van der Waals surface area contributed by atoms with E-state index in [9.17, 15) is 14.4 Å². The summed E-state index contributed by atoms with van der Waals surface area (Å²) in [6.07, 6.45) is 1.49. The first kappa shape index (κ1) is 24.2. The Morgan fingerprint density at radius 1 is 1.15 bits per heavy atom. The Bertz CT molecular complexity index is 1220. The molecule has 0 saturated heterocycles. The van der Waals surface area contributed by atoms with Gasteiger partial charge in [-0.1, -0.05) is 53.5 Å². The van der Waals surface area contributed by atoms with Crippen molar-refractivity contribution >= 4 is 35.0 Å². The van der Waals surface area contributed by atoms with E-state index in [4.69, 9.17) is 33.1 Å². The Balaban J connectivity index is 1.86. The van der Waals surface area contributed by atoms with Crippen LogP contribution in [0.2, 0.25) is 10.0 Å². The van der Waals surface area contributed by atoms with Crippen molar-refractivity contribution in [2.45, 2.75) is 12.5 Å². The van der Waals surface area contributed by atoms with Gasteiger partial charge >= 0.3 is 0 Å². The summed E-state index contributed by atoms with van der Waals surface area (Å²) < 4.78 is 6.45. The molecule has 0 saturated carbocycles. The molecule has 0 unspecified atom stereocenters. The Kier molecular flexibility index (Phi) is 7.70. The Morgan fingerprint density at radius 2 is 1.79 bits per heavy atom. The number of amides is 2. The van der Waals surface area contributed by atoms with Crippen molar-refractivity contribution in [2.24, 2.45) is 7.05 Å². The van der Waals surface area contributed by atoms with Crippen LogP contribution in [0.4, 0.5) is 0 Å². The third-order valence-electron chi connectivity index (χ3n) is 4.93. The first-order chi connectivity index (χ1) is 15.8. The Morgan fingerprint density at radius 3 is 2.36 bits per heavy atom. The van der Waals surface area contributed by atoms with Crippen LogP contribution in [0.5, 0.6) is 5.75 Å². The minimum absolute atomic E-state index is 0.0209. The zero-order valence-electron chi connectivity index (χ0n) is 17.6. The number of ether oxygens (including phenoxy) is 1. The lowest BCUT2D eigenvalue weighted by Gasteiger charge is -2.18. The van der Waals surface area contributed by atoms with Crippen molar-refractivity contribution in [3.05, 3.63) is 80.2 Å². The summed E-state index contributed by atoms with van der Waals surface area (Å²) in [5.41, 5.74) is 2.83. The van der Waals surface area contributed by atoms with Crippen LogP contribution in [0.3, 0.4) is 0 Å². The van der Waals surface area contributed by atoms with Crippen LogP contribution in [-0.4, -0.2) is 40.0 Å². The van der Waals surface area contributed by atoms with Crippen LogP contribution in [0.25, 0.3) is 11.1 Å². The van der Waals surface area contributed by atoms with Gasteiger partial charge in [-0.25, -0.2) is 10.2 Å². The van der Waals surface area contributed by atoms with E-state index in [-0.39, 0.29) is 27.6 Å². The van der Waals surface area contributed by atoms with E-state index in [1.165, 1.54) is 37.2 Å². The number of nitrogens with one attached hydrogen (secondary N) is 2. The molecule has 0 fully saturated rings. The molecule has 0 spiro atoms. The molecule has 9 nitrogen and oxygen atoms in total. The SMILES string of the molecule is COc1cnn(C)c(=O)c1-c1ccc(C[C@H](NC(=O)c2c(Cl)cccc2Cl)C(=O)NO)cc1. The van der Waals surface area contributed by atoms with E-state index in [0.29, 0.717) is 22.4 Å². The number of halogens is 2. The number of methoxy groups -OCH3 is 1. The summed E-state index contributed by atoms with van der Waals surface area (Å²) >= 11 is 12.1. The van der Waals surface area contributed by atoms with Crippen molar-refractivity contribution in [1.82, 2.24) is 20.6 Å². The molecule has 0 aliphatic heterocycles. The summed E-state index contributed by atoms with van der Waals surface area (Å²) in [6, 6.07) is 10.2. The van der Waals surface area contributed by atoms with Gasteiger partial charge in [0.15, 0.2) is 5.75 Å².